The molecule has 0 saturated heterocycles. The Labute approximate surface area is 117 Å². The maximum Gasteiger partial charge on any atom is 0.271 e. The number of fused-ring (bicyclic) bond motifs is 1. The Hall–Kier alpha value is -1.42. The van der Waals surface area contributed by atoms with Gasteiger partial charge in [-0.05, 0) is 31.4 Å². The highest BCUT2D eigenvalue weighted by atomic mass is 32.1. The number of imide groups is 1. The number of hydrogen-bond acceptors (Lipinski definition) is 3. The van der Waals surface area contributed by atoms with Crippen molar-refractivity contribution in [2.75, 3.05) is 6.54 Å². The van der Waals surface area contributed by atoms with E-state index >= 15 is 0 Å². The third-order valence-electron chi connectivity index (χ3n) is 3.43. The van der Waals surface area contributed by atoms with Gasteiger partial charge in [0.25, 0.3) is 11.8 Å². The minimum Gasteiger partial charge on any atom is -0.274 e. The van der Waals surface area contributed by atoms with E-state index in [1.165, 1.54) is 21.8 Å². The molecular weight excluding hydrogens is 258 g/mol. The van der Waals surface area contributed by atoms with Gasteiger partial charge in [-0.15, -0.1) is 11.3 Å². The zero-order valence-electron chi connectivity index (χ0n) is 11.7. The van der Waals surface area contributed by atoms with Gasteiger partial charge >= 0.3 is 0 Å². The van der Waals surface area contributed by atoms with Gasteiger partial charge in [-0.3, -0.25) is 14.5 Å². The fraction of sp³-hybridized carbons (Fsp3) is 0.467. The summed E-state index contributed by atoms with van der Waals surface area (Å²) in [6, 6.07) is 1.88. The molecule has 0 atom stereocenters. The highest BCUT2D eigenvalue weighted by Gasteiger charge is 2.37. The van der Waals surface area contributed by atoms with Crippen LogP contribution in [0.2, 0.25) is 0 Å². The second-order valence-electron chi connectivity index (χ2n) is 4.64. The van der Waals surface area contributed by atoms with Crippen LogP contribution in [0.15, 0.2) is 12.1 Å². The van der Waals surface area contributed by atoms with Crippen molar-refractivity contribution < 1.29 is 9.59 Å². The summed E-state index contributed by atoms with van der Waals surface area (Å²) in [6.07, 6.45) is 4.81. The number of carbonyl (C=O) groups excluding carboxylic acids is 2. The molecule has 1 aromatic heterocycles. The highest BCUT2D eigenvalue weighted by Crippen LogP contribution is 2.35. The topological polar surface area (TPSA) is 37.4 Å². The predicted molar refractivity (Wildman–Crippen MR) is 78.5 cm³/mol. The van der Waals surface area contributed by atoms with Crippen LogP contribution in [0.3, 0.4) is 0 Å². The van der Waals surface area contributed by atoms with Gasteiger partial charge in [0.05, 0.1) is 5.56 Å². The van der Waals surface area contributed by atoms with Crippen molar-refractivity contribution >= 4 is 28.7 Å². The molecule has 0 saturated carbocycles. The standard InChI is InChI=1S/C15H19NO2S/c1-4-7-8-16-14(17)11-9-12(10(5-2)6-3)19-13(11)15(16)18/h5,9H,4,6-8H2,1-3H3. The van der Waals surface area contributed by atoms with Gasteiger partial charge in [-0.2, -0.15) is 0 Å². The van der Waals surface area contributed by atoms with Gasteiger partial charge in [0, 0.05) is 11.4 Å². The predicted octanol–water partition coefficient (Wildman–Crippen LogP) is 3.96. The number of amides is 2. The largest absolute Gasteiger partial charge is 0.274 e. The van der Waals surface area contributed by atoms with E-state index in [0.29, 0.717) is 17.0 Å². The molecular formula is C15H19NO2S. The SMILES string of the molecule is CC=C(CC)c1cc2c(s1)C(=O)N(CCCC)C2=O. The van der Waals surface area contributed by atoms with Crippen molar-refractivity contribution in [3.05, 3.63) is 27.5 Å². The molecule has 3 nitrogen and oxygen atoms in total. The van der Waals surface area contributed by atoms with Crippen LogP contribution in [0.25, 0.3) is 5.57 Å². The summed E-state index contributed by atoms with van der Waals surface area (Å²) in [6.45, 7) is 6.66. The third kappa shape index (κ3) is 2.37. The average Bonchev–Trinajstić information content (AvgIpc) is 2.92. The number of thiophene rings is 1. The number of hydrogen-bond donors (Lipinski definition) is 0. The Kier molecular flexibility index (Phi) is 4.20. The number of unbranched alkanes of at least 4 members (excludes halogenated alkanes) is 1. The van der Waals surface area contributed by atoms with E-state index in [2.05, 4.69) is 13.8 Å². The van der Waals surface area contributed by atoms with E-state index in [1.807, 2.05) is 19.1 Å². The minimum atomic E-state index is -0.123. The Balaban J connectivity index is 2.30. The molecule has 0 bridgehead atoms. The first-order valence-corrected chi connectivity index (χ1v) is 7.61. The normalized spacial score (nSPS) is 15.3. The molecule has 0 fully saturated rings. The Morgan fingerprint density at radius 2 is 2.05 bits per heavy atom. The smallest absolute Gasteiger partial charge is 0.271 e. The van der Waals surface area contributed by atoms with Gasteiger partial charge < -0.3 is 0 Å². The molecule has 2 heterocycles. The molecule has 0 spiro atoms. The lowest BCUT2D eigenvalue weighted by atomic mass is 10.1. The van der Waals surface area contributed by atoms with Crippen LogP contribution in [0.5, 0.6) is 0 Å². The fourth-order valence-electron chi connectivity index (χ4n) is 2.27. The maximum absolute atomic E-state index is 12.2. The first-order chi connectivity index (χ1) is 9.13. The van der Waals surface area contributed by atoms with Crippen molar-refractivity contribution in [3.8, 4) is 0 Å². The number of carbonyl (C=O) groups is 2. The van der Waals surface area contributed by atoms with E-state index < -0.39 is 0 Å². The summed E-state index contributed by atoms with van der Waals surface area (Å²) >= 11 is 1.45. The zero-order valence-corrected chi connectivity index (χ0v) is 12.5. The van der Waals surface area contributed by atoms with Crippen LogP contribution < -0.4 is 0 Å². The molecule has 4 heteroatoms. The lowest BCUT2D eigenvalue weighted by Crippen LogP contribution is -2.30. The monoisotopic (exact) mass is 277 g/mol. The van der Waals surface area contributed by atoms with Gasteiger partial charge in [0.15, 0.2) is 0 Å². The molecule has 1 aliphatic heterocycles. The molecule has 1 aliphatic rings. The molecule has 0 N–H and O–H groups in total. The van der Waals surface area contributed by atoms with Gasteiger partial charge in [-0.25, -0.2) is 0 Å². The van der Waals surface area contributed by atoms with Crippen LogP contribution in [0, 0.1) is 0 Å². The van der Waals surface area contributed by atoms with Crippen molar-refractivity contribution in [1.29, 1.82) is 0 Å². The van der Waals surface area contributed by atoms with Crippen LogP contribution >= 0.6 is 11.3 Å². The lowest BCUT2D eigenvalue weighted by molar-refractivity contribution is 0.0653. The molecule has 2 rings (SSSR count). The zero-order chi connectivity index (χ0) is 14.0. The Morgan fingerprint density at radius 1 is 1.32 bits per heavy atom. The molecule has 0 unspecified atom stereocenters. The average molecular weight is 277 g/mol. The molecule has 102 valence electrons. The quantitative estimate of drug-likeness (QED) is 0.764. The first kappa shape index (κ1) is 14.0. The van der Waals surface area contributed by atoms with Crippen molar-refractivity contribution in [2.45, 2.75) is 40.0 Å². The number of allylic oxidation sites excluding steroid dienone is 2. The maximum atomic E-state index is 12.2. The fourth-order valence-corrected chi connectivity index (χ4v) is 3.51. The summed E-state index contributed by atoms with van der Waals surface area (Å²) in [5.74, 6) is -0.237. The number of nitrogens with zero attached hydrogens (tertiary/aromatic N) is 1. The van der Waals surface area contributed by atoms with Crippen LogP contribution in [-0.4, -0.2) is 23.3 Å². The van der Waals surface area contributed by atoms with Crippen LogP contribution in [0.4, 0.5) is 0 Å². The Morgan fingerprint density at radius 3 is 2.58 bits per heavy atom. The summed E-state index contributed by atoms with van der Waals surface area (Å²) in [4.78, 5) is 27.5. The summed E-state index contributed by atoms with van der Waals surface area (Å²) in [5.41, 5.74) is 1.79. The van der Waals surface area contributed by atoms with E-state index in [-0.39, 0.29) is 11.8 Å². The summed E-state index contributed by atoms with van der Waals surface area (Å²) in [7, 11) is 0. The molecule has 1 aromatic rings. The number of rotatable bonds is 5. The first-order valence-electron chi connectivity index (χ1n) is 6.79. The second kappa shape index (κ2) is 5.70. The summed E-state index contributed by atoms with van der Waals surface area (Å²) < 4.78 is 0. The lowest BCUT2D eigenvalue weighted by Gasteiger charge is -2.13. The molecule has 0 radical (unpaired) electrons. The van der Waals surface area contributed by atoms with Crippen LogP contribution in [-0.2, 0) is 0 Å². The molecule has 0 aromatic carbocycles. The molecule has 19 heavy (non-hydrogen) atoms. The van der Waals surface area contributed by atoms with E-state index in [4.69, 9.17) is 0 Å². The van der Waals surface area contributed by atoms with Gasteiger partial charge in [0.1, 0.15) is 4.88 Å². The molecule has 2 amide bonds. The minimum absolute atomic E-state index is 0.115. The summed E-state index contributed by atoms with van der Waals surface area (Å²) in [5, 5.41) is 0. The highest BCUT2D eigenvalue weighted by molar-refractivity contribution is 7.15. The third-order valence-corrected chi connectivity index (χ3v) is 4.63. The van der Waals surface area contributed by atoms with Crippen LogP contribution in [0.1, 0.15) is 64.9 Å². The van der Waals surface area contributed by atoms with Crippen molar-refractivity contribution in [2.24, 2.45) is 0 Å². The van der Waals surface area contributed by atoms with E-state index in [9.17, 15) is 9.59 Å². The van der Waals surface area contributed by atoms with Crippen molar-refractivity contribution in [3.63, 3.8) is 0 Å². The van der Waals surface area contributed by atoms with E-state index in [1.54, 1.807) is 0 Å². The second-order valence-corrected chi connectivity index (χ2v) is 5.69. The van der Waals surface area contributed by atoms with E-state index in [0.717, 1.165) is 24.1 Å². The van der Waals surface area contributed by atoms with Crippen molar-refractivity contribution in [1.82, 2.24) is 4.90 Å². The Bertz CT molecular complexity index is 509. The van der Waals surface area contributed by atoms with Gasteiger partial charge in [-0.1, -0.05) is 26.3 Å². The molecule has 0 aliphatic carbocycles. The van der Waals surface area contributed by atoms with Gasteiger partial charge in [0.2, 0.25) is 0 Å².